The summed E-state index contributed by atoms with van der Waals surface area (Å²) in [5.74, 6) is -2.02. The number of nitrogens with one attached hydrogen (secondary N) is 1. The van der Waals surface area contributed by atoms with E-state index in [1.165, 1.54) is 24.3 Å². The minimum Gasteiger partial charge on any atom is -0.356 e. The van der Waals surface area contributed by atoms with Gasteiger partial charge in [0.25, 0.3) is 0 Å². The summed E-state index contributed by atoms with van der Waals surface area (Å²) >= 11 is 0. The van der Waals surface area contributed by atoms with E-state index in [4.69, 9.17) is 4.52 Å². The molecule has 0 unspecified atom stereocenters. The third-order valence-electron chi connectivity index (χ3n) is 3.50. The summed E-state index contributed by atoms with van der Waals surface area (Å²) in [7, 11) is 0. The van der Waals surface area contributed by atoms with E-state index >= 15 is 0 Å². The monoisotopic (exact) mass is 346 g/mol. The Morgan fingerprint density at radius 3 is 2.44 bits per heavy atom. The van der Waals surface area contributed by atoms with Gasteiger partial charge < -0.3 is 9.84 Å². The first-order valence-electron chi connectivity index (χ1n) is 7.43. The Morgan fingerprint density at radius 2 is 1.72 bits per heavy atom. The molecule has 4 nitrogen and oxygen atoms in total. The van der Waals surface area contributed by atoms with Gasteiger partial charge in [-0.15, -0.1) is 0 Å². The second-order valence-corrected chi connectivity index (χ2v) is 5.39. The van der Waals surface area contributed by atoms with Crippen molar-refractivity contribution in [3.63, 3.8) is 0 Å². The Hall–Kier alpha value is -3.09. The lowest BCUT2D eigenvalue weighted by Crippen LogP contribution is -2.24. The van der Waals surface area contributed by atoms with Gasteiger partial charge in [0, 0.05) is 18.7 Å². The van der Waals surface area contributed by atoms with Crippen molar-refractivity contribution in [2.24, 2.45) is 0 Å². The van der Waals surface area contributed by atoms with Crippen LogP contribution in [0, 0.1) is 17.5 Å². The minimum absolute atomic E-state index is 0.0619. The van der Waals surface area contributed by atoms with Crippen LogP contribution in [0.3, 0.4) is 0 Å². The maximum Gasteiger partial charge on any atom is 0.226 e. The first-order valence-corrected chi connectivity index (χ1v) is 7.43. The highest BCUT2D eigenvalue weighted by Crippen LogP contribution is 2.24. The van der Waals surface area contributed by atoms with Crippen molar-refractivity contribution in [3.8, 4) is 11.3 Å². The molecule has 2 aromatic carbocycles. The molecule has 25 heavy (non-hydrogen) atoms. The summed E-state index contributed by atoms with van der Waals surface area (Å²) in [5.41, 5.74) is 1.13. The third kappa shape index (κ3) is 4.26. The average Bonchev–Trinajstić information content (AvgIpc) is 3.02. The lowest BCUT2D eigenvalue weighted by atomic mass is 10.1. The fraction of sp³-hybridized carbons (Fsp3) is 0.111. The maximum absolute atomic E-state index is 13.7. The van der Waals surface area contributed by atoms with E-state index in [9.17, 15) is 18.0 Å². The van der Waals surface area contributed by atoms with Gasteiger partial charge in [-0.05, 0) is 29.8 Å². The van der Waals surface area contributed by atoms with E-state index in [0.717, 1.165) is 17.7 Å². The van der Waals surface area contributed by atoms with Gasteiger partial charge in [-0.3, -0.25) is 4.79 Å². The average molecular weight is 346 g/mol. The molecule has 0 spiro atoms. The van der Waals surface area contributed by atoms with E-state index in [2.05, 4.69) is 10.5 Å². The number of aromatic nitrogens is 1. The van der Waals surface area contributed by atoms with Crippen LogP contribution in [0.25, 0.3) is 11.3 Å². The zero-order valence-corrected chi connectivity index (χ0v) is 12.9. The van der Waals surface area contributed by atoms with Crippen LogP contribution in [0.2, 0.25) is 0 Å². The molecule has 0 fully saturated rings. The Balaban J connectivity index is 1.60. The van der Waals surface area contributed by atoms with Crippen molar-refractivity contribution in [2.45, 2.75) is 13.0 Å². The number of hydrogen-bond donors (Lipinski definition) is 1. The molecule has 128 valence electrons. The first-order chi connectivity index (χ1) is 12.0. The van der Waals surface area contributed by atoms with Gasteiger partial charge >= 0.3 is 0 Å². The zero-order chi connectivity index (χ0) is 17.8. The molecular formula is C18H13F3N2O2. The van der Waals surface area contributed by atoms with Crippen LogP contribution < -0.4 is 5.32 Å². The summed E-state index contributed by atoms with van der Waals surface area (Å²) < 4.78 is 44.5. The highest BCUT2D eigenvalue weighted by atomic mass is 19.1. The molecule has 0 saturated carbocycles. The van der Waals surface area contributed by atoms with Gasteiger partial charge in [0.1, 0.15) is 17.5 Å². The van der Waals surface area contributed by atoms with Crippen LogP contribution >= 0.6 is 0 Å². The number of hydrogen-bond acceptors (Lipinski definition) is 3. The molecule has 0 bridgehead atoms. The fourth-order valence-electron chi connectivity index (χ4n) is 2.24. The van der Waals surface area contributed by atoms with Crippen LogP contribution in [0.5, 0.6) is 0 Å². The number of carbonyl (C=O) groups is 1. The first kappa shape index (κ1) is 16.8. The second-order valence-electron chi connectivity index (χ2n) is 5.39. The van der Waals surface area contributed by atoms with Crippen LogP contribution in [0.1, 0.15) is 11.3 Å². The van der Waals surface area contributed by atoms with Gasteiger partial charge in [0.2, 0.25) is 5.91 Å². The van der Waals surface area contributed by atoms with E-state index in [1.54, 1.807) is 12.1 Å². The smallest absolute Gasteiger partial charge is 0.226 e. The molecule has 0 saturated heterocycles. The molecular weight excluding hydrogens is 333 g/mol. The molecule has 1 heterocycles. The molecule has 0 radical (unpaired) electrons. The lowest BCUT2D eigenvalue weighted by Gasteiger charge is -2.03. The molecule has 0 aliphatic heterocycles. The van der Waals surface area contributed by atoms with Crippen molar-refractivity contribution in [1.29, 1.82) is 0 Å². The SMILES string of the molecule is O=C(Cc1cc(-c2ccc(F)cc2F)on1)NCc1ccc(F)cc1. The van der Waals surface area contributed by atoms with Gasteiger partial charge in [0.15, 0.2) is 5.76 Å². The predicted octanol–water partition coefficient (Wildman–Crippen LogP) is 3.62. The summed E-state index contributed by atoms with van der Waals surface area (Å²) in [5, 5.41) is 6.38. The third-order valence-corrected chi connectivity index (χ3v) is 3.50. The number of carbonyl (C=O) groups excluding carboxylic acids is 1. The number of rotatable bonds is 5. The molecule has 0 aliphatic rings. The molecule has 3 aromatic rings. The van der Waals surface area contributed by atoms with Crippen LogP contribution in [0.4, 0.5) is 13.2 Å². The normalized spacial score (nSPS) is 10.7. The van der Waals surface area contributed by atoms with Crippen LogP contribution in [-0.2, 0) is 17.8 Å². The molecule has 0 atom stereocenters. The highest BCUT2D eigenvalue weighted by molar-refractivity contribution is 5.78. The van der Waals surface area contributed by atoms with Crippen LogP contribution in [0.15, 0.2) is 53.1 Å². The summed E-state index contributed by atoms with van der Waals surface area (Å²) in [6.07, 6.45) is -0.0620. The van der Waals surface area contributed by atoms with Crippen molar-refractivity contribution < 1.29 is 22.5 Å². The lowest BCUT2D eigenvalue weighted by molar-refractivity contribution is -0.120. The van der Waals surface area contributed by atoms with E-state index in [0.29, 0.717) is 5.69 Å². The summed E-state index contributed by atoms with van der Waals surface area (Å²) in [6, 6.07) is 10.3. The number of amides is 1. The molecule has 1 N–H and O–H groups in total. The largest absolute Gasteiger partial charge is 0.356 e. The second kappa shape index (κ2) is 7.21. The standard InChI is InChI=1S/C18H13F3N2O2/c19-12-3-1-11(2-4-12)10-22-18(24)9-14-8-17(25-23-14)15-6-5-13(20)7-16(15)21/h1-8H,9-10H2,(H,22,24). The molecule has 1 amide bonds. The number of halogens is 3. The van der Waals surface area contributed by atoms with E-state index < -0.39 is 11.6 Å². The highest BCUT2D eigenvalue weighted by Gasteiger charge is 2.14. The van der Waals surface area contributed by atoms with Crippen molar-refractivity contribution >= 4 is 5.91 Å². The fourth-order valence-corrected chi connectivity index (χ4v) is 2.24. The van der Waals surface area contributed by atoms with E-state index in [-0.39, 0.29) is 36.0 Å². The molecule has 1 aromatic heterocycles. The maximum atomic E-state index is 13.7. The van der Waals surface area contributed by atoms with Gasteiger partial charge in [-0.25, -0.2) is 13.2 Å². The number of nitrogens with zero attached hydrogens (tertiary/aromatic N) is 1. The van der Waals surface area contributed by atoms with Gasteiger partial charge in [-0.1, -0.05) is 17.3 Å². The predicted molar refractivity (Wildman–Crippen MR) is 83.8 cm³/mol. The topological polar surface area (TPSA) is 55.1 Å². The Bertz CT molecular complexity index is 892. The quantitative estimate of drug-likeness (QED) is 0.768. The summed E-state index contributed by atoms with van der Waals surface area (Å²) in [4.78, 5) is 11.9. The van der Waals surface area contributed by atoms with Gasteiger partial charge in [0.05, 0.1) is 17.7 Å². The summed E-state index contributed by atoms with van der Waals surface area (Å²) in [6.45, 7) is 0.246. The molecule has 7 heteroatoms. The molecule has 0 aliphatic carbocycles. The van der Waals surface area contributed by atoms with Crippen molar-refractivity contribution in [3.05, 3.63) is 77.2 Å². The van der Waals surface area contributed by atoms with E-state index in [1.807, 2.05) is 0 Å². The minimum atomic E-state index is -0.775. The zero-order valence-electron chi connectivity index (χ0n) is 12.9. The Labute approximate surface area is 141 Å². The Morgan fingerprint density at radius 1 is 1.00 bits per heavy atom. The van der Waals surface area contributed by atoms with Crippen molar-refractivity contribution in [2.75, 3.05) is 0 Å². The van der Waals surface area contributed by atoms with Gasteiger partial charge in [-0.2, -0.15) is 0 Å². The molecule has 3 rings (SSSR count). The number of benzene rings is 2. The Kier molecular flexibility index (Phi) is 4.83. The van der Waals surface area contributed by atoms with Crippen molar-refractivity contribution in [1.82, 2.24) is 10.5 Å². The van der Waals surface area contributed by atoms with Crippen LogP contribution in [-0.4, -0.2) is 11.1 Å².